The largest absolute Gasteiger partial charge is 0.354 e. The highest BCUT2D eigenvalue weighted by atomic mass is 35.5. The van der Waals surface area contributed by atoms with E-state index in [9.17, 15) is 0 Å². The summed E-state index contributed by atoms with van der Waals surface area (Å²) in [6, 6.07) is 7.80. The van der Waals surface area contributed by atoms with Gasteiger partial charge in [0.2, 0.25) is 10.1 Å². The highest BCUT2D eigenvalue weighted by Gasteiger charge is 2.10. The van der Waals surface area contributed by atoms with Crippen LogP contribution in [-0.4, -0.2) is 20.6 Å². The smallest absolute Gasteiger partial charge is 0.214 e. The molecule has 0 bridgehead atoms. The number of nitrogens with one attached hydrogen (secondary N) is 1. The molecule has 20 heavy (non-hydrogen) atoms. The normalized spacial score (nSPS) is 12.5. The van der Waals surface area contributed by atoms with Gasteiger partial charge in [0.05, 0.1) is 11.9 Å². The van der Waals surface area contributed by atoms with E-state index in [1.54, 1.807) is 4.52 Å². The molecule has 0 aliphatic rings. The van der Waals surface area contributed by atoms with Crippen LogP contribution in [0.15, 0.2) is 43.1 Å². The maximum absolute atomic E-state index is 5.89. The summed E-state index contributed by atoms with van der Waals surface area (Å²) in [5, 5.41) is 9.25. The molecule has 1 N–H and O–H groups in total. The summed E-state index contributed by atoms with van der Waals surface area (Å²) >= 11 is 7.40. The summed E-state index contributed by atoms with van der Waals surface area (Å²) < 4.78 is 1.78. The zero-order valence-electron chi connectivity index (χ0n) is 10.9. The lowest BCUT2D eigenvalue weighted by atomic mass is 10.2. The number of hydrogen-bond acceptors (Lipinski definition) is 4. The molecule has 1 atom stereocenters. The van der Waals surface area contributed by atoms with Crippen LogP contribution >= 0.6 is 22.9 Å². The lowest BCUT2D eigenvalue weighted by Crippen LogP contribution is -2.10. The van der Waals surface area contributed by atoms with E-state index in [0.717, 1.165) is 26.4 Å². The molecule has 0 spiro atoms. The third-order valence-corrected chi connectivity index (χ3v) is 3.99. The average molecular weight is 305 g/mol. The molecule has 1 aromatic carbocycles. The molecule has 0 radical (unpaired) electrons. The molecule has 2 aromatic heterocycles. The fourth-order valence-corrected chi connectivity index (χ4v) is 2.78. The first-order valence-corrected chi connectivity index (χ1v) is 7.36. The zero-order chi connectivity index (χ0) is 14.1. The summed E-state index contributed by atoms with van der Waals surface area (Å²) in [5.41, 5.74) is 1.92. The van der Waals surface area contributed by atoms with Gasteiger partial charge in [0.1, 0.15) is 0 Å². The van der Waals surface area contributed by atoms with Crippen LogP contribution in [0.3, 0.4) is 0 Å². The number of imidazole rings is 1. The number of hydrogen-bond donors (Lipinski definition) is 1. The highest BCUT2D eigenvalue weighted by molar-refractivity contribution is 7.20. The molecular formula is C14H13ClN4S. The Balaban J connectivity index is 1.90. The van der Waals surface area contributed by atoms with E-state index in [1.165, 1.54) is 11.3 Å². The van der Waals surface area contributed by atoms with Crippen molar-refractivity contribution in [3.05, 3.63) is 48.1 Å². The quantitative estimate of drug-likeness (QED) is 0.738. The lowest BCUT2D eigenvalue weighted by Gasteiger charge is -2.04. The second-order valence-electron chi connectivity index (χ2n) is 4.44. The monoisotopic (exact) mass is 304 g/mol. The molecule has 4 nitrogen and oxygen atoms in total. The number of benzene rings is 1. The number of halogens is 1. The van der Waals surface area contributed by atoms with E-state index in [1.807, 2.05) is 43.5 Å². The van der Waals surface area contributed by atoms with Gasteiger partial charge in [-0.1, -0.05) is 41.1 Å². The van der Waals surface area contributed by atoms with Gasteiger partial charge in [0.15, 0.2) is 0 Å². The highest BCUT2D eigenvalue weighted by Crippen LogP contribution is 2.25. The molecular weight excluding hydrogens is 292 g/mol. The Morgan fingerprint density at radius 2 is 2.15 bits per heavy atom. The van der Waals surface area contributed by atoms with Crippen LogP contribution in [0.1, 0.15) is 6.92 Å². The molecule has 2 heterocycles. The van der Waals surface area contributed by atoms with Crippen molar-refractivity contribution in [3.63, 3.8) is 0 Å². The molecule has 1 unspecified atom stereocenters. The van der Waals surface area contributed by atoms with Gasteiger partial charge in [-0.25, -0.2) is 9.50 Å². The lowest BCUT2D eigenvalue weighted by molar-refractivity contribution is 0.933. The Hall–Kier alpha value is -1.85. The SMILES string of the molecule is C=CC(C)Nc1nn2cc(-c3ccc(Cl)cc3)nc2s1. The fraction of sp³-hybridized carbons (Fsp3) is 0.143. The van der Waals surface area contributed by atoms with Gasteiger partial charge >= 0.3 is 0 Å². The van der Waals surface area contributed by atoms with Crippen LogP contribution in [0, 0.1) is 0 Å². The Bertz CT molecular complexity index is 713. The predicted molar refractivity (Wildman–Crippen MR) is 84.6 cm³/mol. The number of aromatic nitrogens is 3. The summed E-state index contributed by atoms with van der Waals surface area (Å²) in [6.07, 6.45) is 3.75. The van der Waals surface area contributed by atoms with Gasteiger partial charge < -0.3 is 5.32 Å². The zero-order valence-corrected chi connectivity index (χ0v) is 12.4. The van der Waals surface area contributed by atoms with Gasteiger partial charge in [0, 0.05) is 16.6 Å². The van der Waals surface area contributed by atoms with Crippen LogP contribution in [0.4, 0.5) is 5.13 Å². The number of fused-ring (bicyclic) bond motifs is 1. The third kappa shape index (κ3) is 2.55. The molecule has 102 valence electrons. The first-order chi connectivity index (χ1) is 9.65. The van der Waals surface area contributed by atoms with Crippen molar-refractivity contribution in [1.29, 1.82) is 0 Å². The maximum atomic E-state index is 5.89. The first kappa shape index (κ1) is 13.1. The Labute approximate surface area is 125 Å². The van der Waals surface area contributed by atoms with Gasteiger partial charge in [-0.2, -0.15) is 0 Å². The molecule has 0 amide bonds. The average Bonchev–Trinajstić information content (AvgIpc) is 2.97. The summed E-state index contributed by atoms with van der Waals surface area (Å²) in [5.74, 6) is 0. The van der Waals surface area contributed by atoms with Gasteiger partial charge in [-0.05, 0) is 19.1 Å². The Kier molecular flexibility index (Phi) is 3.46. The van der Waals surface area contributed by atoms with Crippen LogP contribution in [0.5, 0.6) is 0 Å². The molecule has 3 rings (SSSR count). The van der Waals surface area contributed by atoms with E-state index in [2.05, 4.69) is 22.0 Å². The summed E-state index contributed by atoms with van der Waals surface area (Å²) in [4.78, 5) is 5.43. The van der Waals surface area contributed by atoms with Crippen molar-refractivity contribution < 1.29 is 0 Å². The first-order valence-electron chi connectivity index (χ1n) is 6.17. The minimum atomic E-state index is 0.182. The molecule has 0 saturated heterocycles. The van der Waals surface area contributed by atoms with Crippen molar-refractivity contribution in [2.45, 2.75) is 13.0 Å². The summed E-state index contributed by atoms with van der Waals surface area (Å²) in [7, 11) is 0. The van der Waals surface area contributed by atoms with Crippen molar-refractivity contribution in [1.82, 2.24) is 14.6 Å². The molecule has 0 saturated carbocycles. The maximum Gasteiger partial charge on any atom is 0.214 e. The molecule has 6 heteroatoms. The van der Waals surface area contributed by atoms with Crippen molar-refractivity contribution >= 4 is 33.0 Å². The number of nitrogens with zero attached hydrogens (tertiary/aromatic N) is 3. The molecule has 0 aliphatic carbocycles. The van der Waals surface area contributed by atoms with Crippen LogP contribution in [-0.2, 0) is 0 Å². The minimum Gasteiger partial charge on any atom is -0.354 e. The van der Waals surface area contributed by atoms with E-state index in [4.69, 9.17) is 11.6 Å². The Morgan fingerprint density at radius 3 is 2.80 bits per heavy atom. The summed E-state index contributed by atoms with van der Waals surface area (Å²) in [6.45, 7) is 5.76. The number of anilines is 1. The minimum absolute atomic E-state index is 0.182. The van der Waals surface area contributed by atoms with Crippen LogP contribution < -0.4 is 5.32 Å². The van der Waals surface area contributed by atoms with Crippen molar-refractivity contribution in [2.24, 2.45) is 0 Å². The van der Waals surface area contributed by atoms with Crippen molar-refractivity contribution in [2.75, 3.05) is 5.32 Å². The third-order valence-electron chi connectivity index (χ3n) is 2.89. The molecule has 0 aliphatic heterocycles. The predicted octanol–water partition coefficient (Wildman–Crippen LogP) is 4.10. The molecule has 3 aromatic rings. The van der Waals surface area contributed by atoms with Gasteiger partial charge in [0.25, 0.3) is 0 Å². The van der Waals surface area contributed by atoms with Crippen molar-refractivity contribution in [3.8, 4) is 11.3 Å². The van der Waals surface area contributed by atoms with Crippen LogP contribution in [0.2, 0.25) is 5.02 Å². The second kappa shape index (κ2) is 5.26. The fourth-order valence-electron chi connectivity index (χ4n) is 1.77. The number of rotatable bonds is 4. The van der Waals surface area contributed by atoms with Gasteiger partial charge in [-0.3, -0.25) is 0 Å². The van der Waals surface area contributed by atoms with E-state index in [0.29, 0.717) is 0 Å². The topological polar surface area (TPSA) is 42.2 Å². The second-order valence-corrected chi connectivity index (χ2v) is 5.83. The van der Waals surface area contributed by atoms with E-state index < -0.39 is 0 Å². The van der Waals surface area contributed by atoms with Gasteiger partial charge in [-0.15, -0.1) is 11.7 Å². The van der Waals surface area contributed by atoms with E-state index >= 15 is 0 Å². The Morgan fingerprint density at radius 1 is 1.40 bits per heavy atom. The van der Waals surface area contributed by atoms with Crippen LogP contribution in [0.25, 0.3) is 16.2 Å². The standard InChI is InChI=1S/C14H13ClN4S/c1-3-9(2)16-13-18-19-8-12(17-14(19)20-13)10-4-6-11(15)7-5-10/h3-9H,1H2,2H3,(H,16,18). The molecule has 0 fully saturated rings. The van der Waals surface area contributed by atoms with E-state index in [-0.39, 0.29) is 6.04 Å².